The van der Waals surface area contributed by atoms with Crippen LogP contribution in [0.5, 0.6) is 0 Å². The van der Waals surface area contributed by atoms with Gasteiger partial charge in [-0.05, 0) is 32.0 Å². The lowest BCUT2D eigenvalue weighted by Gasteiger charge is -2.18. The molecule has 1 aliphatic rings. The zero-order chi connectivity index (χ0) is 12.1. The number of nitrogens with one attached hydrogen (secondary N) is 1. The van der Waals surface area contributed by atoms with Gasteiger partial charge in [-0.3, -0.25) is 0 Å². The van der Waals surface area contributed by atoms with Crippen molar-refractivity contribution in [1.29, 1.82) is 0 Å². The summed E-state index contributed by atoms with van der Waals surface area (Å²) >= 11 is 7.60. The lowest BCUT2D eigenvalue weighted by Crippen LogP contribution is -2.34. The van der Waals surface area contributed by atoms with E-state index in [0.29, 0.717) is 0 Å². The quantitative estimate of drug-likeness (QED) is 0.854. The summed E-state index contributed by atoms with van der Waals surface area (Å²) in [4.78, 5) is 3.70. The molecule has 0 aromatic carbocycles. The summed E-state index contributed by atoms with van der Waals surface area (Å²) in [6, 6.07) is 4.87. The Kier molecular flexibility index (Phi) is 5.29. The van der Waals surface area contributed by atoms with Gasteiger partial charge >= 0.3 is 0 Å². The Morgan fingerprint density at radius 3 is 2.82 bits per heavy atom. The SMILES string of the molecule is CN(CCNC1CCCC1)Cc1ccc(Cl)s1. The molecule has 0 unspecified atom stereocenters. The zero-order valence-electron chi connectivity index (χ0n) is 10.4. The van der Waals surface area contributed by atoms with Crippen LogP contribution in [0, 0.1) is 0 Å². The molecule has 2 rings (SSSR count). The van der Waals surface area contributed by atoms with Crippen LogP contribution < -0.4 is 5.32 Å². The number of rotatable bonds is 6. The van der Waals surface area contributed by atoms with Crippen LogP contribution in [-0.2, 0) is 6.54 Å². The van der Waals surface area contributed by atoms with E-state index in [4.69, 9.17) is 11.6 Å². The first kappa shape index (κ1) is 13.3. The van der Waals surface area contributed by atoms with Gasteiger partial charge in [-0.25, -0.2) is 0 Å². The molecular weight excluding hydrogens is 252 g/mol. The van der Waals surface area contributed by atoms with Crippen molar-refractivity contribution >= 4 is 22.9 Å². The minimum absolute atomic E-state index is 0.777. The highest BCUT2D eigenvalue weighted by Crippen LogP contribution is 2.22. The smallest absolute Gasteiger partial charge is 0.0931 e. The number of hydrogen-bond acceptors (Lipinski definition) is 3. The van der Waals surface area contributed by atoms with Crippen LogP contribution in [0.25, 0.3) is 0 Å². The van der Waals surface area contributed by atoms with Gasteiger partial charge < -0.3 is 10.2 Å². The Labute approximate surface area is 113 Å². The number of hydrogen-bond donors (Lipinski definition) is 1. The van der Waals surface area contributed by atoms with Crippen LogP contribution in [0.3, 0.4) is 0 Å². The summed E-state index contributed by atoms with van der Waals surface area (Å²) < 4.78 is 0.887. The first-order valence-electron chi connectivity index (χ1n) is 6.40. The average molecular weight is 273 g/mol. The molecular formula is C13H21ClN2S. The summed E-state index contributed by atoms with van der Waals surface area (Å²) in [5.41, 5.74) is 0. The molecule has 1 aliphatic carbocycles. The fraction of sp³-hybridized carbons (Fsp3) is 0.692. The molecule has 4 heteroatoms. The molecule has 1 aromatic heterocycles. The maximum absolute atomic E-state index is 5.92. The number of halogens is 1. The van der Waals surface area contributed by atoms with E-state index in [1.54, 1.807) is 11.3 Å². The molecule has 1 saturated carbocycles. The van der Waals surface area contributed by atoms with Gasteiger partial charge in [0.1, 0.15) is 0 Å². The predicted molar refractivity (Wildman–Crippen MR) is 75.9 cm³/mol. The number of thiophene rings is 1. The lowest BCUT2D eigenvalue weighted by atomic mass is 10.2. The third-order valence-corrected chi connectivity index (χ3v) is 4.55. The summed E-state index contributed by atoms with van der Waals surface area (Å²) in [7, 11) is 2.17. The normalized spacial score (nSPS) is 17.1. The number of nitrogens with zero attached hydrogens (tertiary/aromatic N) is 1. The largest absolute Gasteiger partial charge is 0.313 e. The second-order valence-electron chi connectivity index (χ2n) is 4.88. The average Bonchev–Trinajstić information content (AvgIpc) is 2.90. The van der Waals surface area contributed by atoms with Crippen LogP contribution >= 0.6 is 22.9 Å². The molecule has 1 aromatic rings. The van der Waals surface area contributed by atoms with Crippen molar-refractivity contribution in [3.05, 3.63) is 21.3 Å². The van der Waals surface area contributed by atoms with Crippen LogP contribution in [0.15, 0.2) is 12.1 Å². The van der Waals surface area contributed by atoms with Gasteiger partial charge in [-0.15, -0.1) is 11.3 Å². The number of likely N-dealkylation sites (N-methyl/N-ethyl adjacent to an activating group) is 1. The fourth-order valence-electron chi connectivity index (χ4n) is 2.37. The molecule has 96 valence electrons. The van der Waals surface area contributed by atoms with Crippen LogP contribution in [0.4, 0.5) is 0 Å². The second-order valence-corrected chi connectivity index (χ2v) is 6.68. The summed E-state index contributed by atoms with van der Waals surface area (Å²) in [5.74, 6) is 0. The van der Waals surface area contributed by atoms with E-state index in [1.165, 1.54) is 30.6 Å². The molecule has 0 atom stereocenters. The minimum atomic E-state index is 0.777. The van der Waals surface area contributed by atoms with Crippen molar-refractivity contribution in [3.63, 3.8) is 0 Å². The molecule has 0 radical (unpaired) electrons. The van der Waals surface area contributed by atoms with Crippen LogP contribution in [0.1, 0.15) is 30.6 Å². The van der Waals surface area contributed by atoms with Gasteiger partial charge in [0.05, 0.1) is 4.34 Å². The topological polar surface area (TPSA) is 15.3 Å². The van der Waals surface area contributed by atoms with Gasteiger partial charge in [0.25, 0.3) is 0 Å². The van der Waals surface area contributed by atoms with E-state index in [0.717, 1.165) is 30.0 Å². The zero-order valence-corrected chi connectivity index (χ0v) is 12.0. The highest BCUT2D eigenvalue weighted by molar-refractivity contribution is 7.16. The Bertz CT molecular complexity index is 334. The van der Waals surface area contributed by atoms with E-state index in [-0.39, 0.29) is 0 Å². The Morgan fingerprint density at radius 2 is 2.18 bits per heavy atom. The molecule has 0 bridgehead atoms. The van der Waals surface area contributed by atoms with Gasteiger partial charge in [0.2, 0.25) is 0 Å². The first-order chi connectivity index (χ1) is 8.24. The van der Waals surface area contributed by atoms with Crippen LogP contribution in [-0.4, -0.2) is 31.1 Å². The van der Waals surface area contributed by atoms with Crippen molar-refractivity contribution < 1.29 is 0 Å². The van der Waals surface area contributed by atoms with Gasteiger partial charge in [0.15, 0.2) is 0 Å². The van der Waals surface area contributed by atoms with Crippen molar-refractivity contribution in [2.75, 3.05) is 20.1 Å². The Morgan fingerprint density at radius 1 is 1.41 bits per heavy atom. The molecule has 1 fully saturated rings. The van der Waals surface area contributed by atoms with Crippen molar-refractivity contribution in [2.24, 2.45) is 0 Å². The van der Waals surface area contributed by atoms with E-state index < -0.39 is 0 Å². The molecule has 0 amide bonds. The van der Waals surface area contributed by atoms with E-state index in [9.17, 15) is 0 Å². The van der Waals surface area contributed by atoms with E-state index >= 15 is 0 Å². The van der Waals surface area contributed by atoms with Gasteiger partial charge in [0, 0.05) is 30.6 Å². The van der Waals surface area contributed by atoms with Gasteiger partial charge in [-0.2, -0.15) is 0 Å². The maximum atomic E-state index is 5.92. The highest BCUT2D eigenvalue weighted by Gasteiger charge is 2.13. The maximum Gasteiger partial charge on any atom is 0.0931 e. The minimum Gasteiger partial charge on any atom is -0.313 e. The predicted octanol–water partition coefficient (Wildman–Crippen LogP) is 3.37. The molecule has 1 N–H and O–H groups in total. The summed E-state index contributed by atoms with van der Waals surface area (Å²) in [6.07, 6.45) is 5.54. The van der Waals surface area contributed by atoms with E-state index in [2.05, 4.69) is 23.3 Å². The lowest BCUT2D eigenvalue weighted by molar-refractivity contribution is 0.319. The standard InChI is InChI=1S/C13H21ClN2S/c1-16(10-12-6-7-13(14)17-12)9-8-15-11-4-2-3-5-11/h6-7,11,15H,2-5,8-10H2,1H3. The first-order valence-corrected chi connectivity index (χ1v) is 7.59. The summed E-state index contributed by atoms with van der Waals surface area (Å²) in [6.45, 7) is 3.20. The third-order valence-electron chi connectivity index (χ3n) is 3.34. The van der Waals surface area contributed by atoms with Crippen molar-refractivity contribution in [2.45, 2.75) is 38.3 Å². The van der Waals surface area contributed by atoms with Crippen LogP contribution in [0.2, 0.25) is 4.34 Å². The monoisotopic (exact) mass is 272 g/mol. The summed E-state index contributed by atoms with van der Waals surface area (Å²) in [5, 5.41) is 3.64. The Balaban J connectivity index is 1.61. The molecule has 2 nitrogen and oxygen atoms in total. The molecule has 0 aliphatic heterocycles. The van der Waals surface area contributed by atoms with E-state index in [1.807, 2.05) is 6.07 Å². The fourth-order valence-corrected chi connectivity index (χ4v) is 3.54. The Hall–Kier alpha value is -0.0900. The molecule has 17 heavy (non-hydrogen) atoms. The van der Waals surface area contributed by atoms with Gasteiger partial charge in [-0.1, -0.05) is 24.4 Å². The molecule has 0 spiro atoms. The molecule has 1 heterocycles. The second kappa shape index (κ2) is 6.74. The molecule has 0 saturated heterocycles. The van der Waals surface area contributed by atoms with Crippen molar-refractivity contribution in [1.82, 2.24) is 10.2 Å². The van der Waals surface area contributed by atoms with Crippen molar-refractivity contribution in [3.8, 4) is 0 Å². The third kappa shape index (κ3) is 4.59. The highest BCUT2D eigenvalue weighted by atomic mass is 35.5.